The van der Waals surface area contributed by atoms with Gasteiger partial charge in [0.2, 0.25) is 0 Å². The molecular formula is C26H25N3O2. The molecule has 0 aliphatic rings. The quantitative estimate of drug-likeness (QED) is 0.437. The van der Waals surface area contributed by atoms with Crippen molar-refractivity contribution in [3.63, 3.8) is 0 Å². The van der Waals surface area contributed by atoms with E-state index in [4.69, 9.17) is 0 Å². The summed E-state index contributed by atoms with van der Waals surface area (Å²) in [4.78, 5) is 30.2. The number of pyridine rings is 2. The molecule has 2 aromatic heterocycles. The summed E-state index contributed by atoms with van der Waals surface area (Å²) in [5.41, 5.74) is 4.20. The molecular weight excluding hydrogens is 386 g/mol. The highest BCUT2D eigenvalue weighted by atomic mass is 16.1. The number of hydrogen-bond acceptors (Lipinski definition) is 3. The van der Waals surface area contributed by atoms with Crippen LogP contribution in [0.15, 0.2) is 64.2 Å². The van der Waals surface area contributed by atoms with Gasteiger partial charge in [0.05, 0.1) is 21.9 Å². The molecule has 1 N–H and O–H groups in total. The third kappa shape index (κ3) is 2.84. The smallest absolute Gasteiger partial charge is 0.197 e. The average Bonchev–Trinajstić information content (AvgIpc) is 2.81. The van der Waals surface area contributed by atoms with Crippen molar-refractivity contribution in [2.75, 3.05) is 18.1 Å². The molecule has 5 nitrogen and oxygen atoms in total. The lowest BCUT2D eigenvalue weighted by atomic mass is 10.0. The molecule has 0 atom stereocenters. The number of aromatic amines is 1. The summed E-state index contributed by atoms with van der Waals surface area (Å²) in [6.45, 7) is 7.83. The van der Waals surface area contributed by atoms with Crippen molar-refractivity contribution in [1.29, 1.82) is 0 Å². The minimum absolute atomic E-state index is 0.00680. The second-order valence-electron chi connectivity index (χ2n) is 7.90. The van der Waals surface area contributed by atoms with Crippen molar-refractivity contribution < 1.29 is 0 Å². The summed E-state index contributed by atoms with van der Waals surface area (Å²) < 4.78 is 2.09. The zero-order chi connectivity index (χ0) is 21.7. The van der Waals surface area contributed by atoms with Crippen molar-refractivity contribution in [2.45, 2.75) is 27.2 Å². The Labute approximate surface area is 179 Å². The van der Waals surface area contributed by atoms with E-state index in [9.17, 15) is 9.59 Å². The molecule has 0 fully saturated rings. The highest BCUT2D eigenvalue weighted by Crippen LogP contribution is 2.25. The van der Waals surface area contributed by atoms with Crippen LogP contribution in [0.25, 0.3) is 43.6 Å². The van der Waals surface area contributed by atoms with E-state index in [1.54, 1.807) is 0 Å². The number of H-pyrrole nitrogens is 1. The summed E-state index contributed by atoms with van der Waals surface area (Å²) in [7, 11) is 0. The number of rotatable bonds is 4. The van der Waals surface area contributed by atoms with Crippen LogP contribution < -0.4 is 15.9 Å². The molecule has 0 spiro atoms. The van der Waals surface area contributed by atoms with Gasteiger partial charge in [-0.2, -0.15) is 0 Å². The van der Waals surface area contributed by atoms with E-state index in [1.807, 2.05) is 54.6 Å². The number of hydrogen-bond donors (Lipinski definition) is 1. The molecule has 0 unspecified atom stereocenters. The maximum Gasteiger partial charge on any atom is 0.197 e. The lowest BCUT2D eigenvalue weighted by molar-refractivity contribution is 0.654. The molecule has 0 aliphatic carbocycles. The number of nitrogens with one attached hydrogen (secondary N) is 1. The minimum Gasteiger partial charge on any atom is -0.354 e. The average molecular weight is 412 g/mol. The Morgan fingerprint density at radius 3 is 2.19 bits per heavy atom. The zero-order valence-electron chi connectivity index (χ0n) is 18.0. The molecule has 5 heteroatoms. The van der Waals surface area contributed by atoms with Crippen LogP contribution in [-0.4, -0.2) is 22.7 Å². The van der Waals surface area contributed by atoms with E-state index in [0.29, 0.717) is 27.1 Å². The highest BCUT2D eigenvalue weighted by Gasteiger charge is 2.16. The van der Waals surface area contributed by atoms with Gasteiger partial charge in [0.1, 0.15) is 0 Å². The Balaban J connectivity index is 2.01. The first-order chi connectivity index (χ1) is 15.1. The van der Waals surface area contributed by atoms with Crippen LogP contribution in [0.1, 0.15) is 26.3 Å². The standard InChI is InChI=1S/C26H25N3O2/c1-4-16-11-12-21-18(13-16)26(31)19-15-24-20(14-22(19)27-21)25(30)17-9-7-8-10-23(17)29(24)28(5-2)6-3/h7-15H,4-6H2,1-3H3,(H,27,31). The molecule has 2 heterocycles. The maximum absolute atomic E-state index is 13.4. The number of fused-ring (bicyclic) bond motifs is 4. The Bertz CT molecular complexity index is 1590. The van der Waals surface area contributed by atoms with Crippen LogP contribution in [0.4, 0.5) is 0 Å². The lowest BCUT2D eigenvalue weighted by Gasteiger charge is -2.28. The topological polar surface area (TPSA) is 58.1 Å². The van der Waals surface area contributed by atoms with Gasteiger partial charge in [-0.25, -0.2) is 0 Å². The van der Waals surface area contributed by atoms with Gasteiger partial charge in [0, 0.05) is 34.8 Å². The fourth-order valence-corrected chi connectivity index (χ4v) is 4.57. The molecule has 31 heavy (non-hydrogen) atoms. The Morgan fingerprint density at radius 2 is 1.45 bits per heavy atom. The summed E-state index contributed by atoms with van der Waals surface area (Å²) in [6, 6.07) is 17.4. The highest BCUT2D eigenvalue weighted by molar-refractivity contribution is 6.03. The molecule has 3 aromatic carbocycles. The first kappa shape index (κ1) is 19.4. The molecule has 5 rings (SSSR count). The molecule has 0 amide bonds. The van der Waals surface area contributed by atoms with Crippen molar-refractivity contribution >= 4 is 43.6 Å². The Morgan fingerprint density at radius 1 is 0.742 bits per heavy atom. The van der Waals surface area contributed by atoms with Crippen LogP contribution >= 0.6 is 0 Å². The molecule has 0 saturated heterocycles. The van der Waals surface area contributed by atoms with E-state index < -0.39 is 0 Å². The number of aromatic nitrogens is 2. The van der Waals surface area contributed by atoms with Gasteiger partial charge < -0.3 is 9.99 Å². The lowest BCUT2D eigenvalue weighted by Crippen LogP contribution is -2.35. The van der Waals surface area contributed by atoms with Crippen molar-refractivity contribution in [1.82, 2.24) is 9.66 Å². The third-order valence-corrected chi connectivity index (χ3v) is 6.25. The number of aryl methyl sites for hydroxylation is 1. The van der Waals surface area contributed by atoms with E-state index in [1.165, 1.54) is 0 Å². The van der Waals surface area contributed by atoms with Crippen molar-refractivity contribution in [3.8, 4) is 0 Å². The fraction of sp³-hybridized carbons (Fsp3) is 0.231. The van der Waals surface area contributed by atoms with Gasteiger partial charge in [-0.3, -0.25) is 14.3 Å². The van der Waals surface area contributed by atoms with E-state index >= 15 is 0 Å². The summed E-state index contributed by atoms with van der Waals surface area (Å²) >= 11 is 0. The predicted octanol–water partition coefficient (Wildman–Crippen LogP) is 4.69. The number of nitrogens with zero attached hydrogens (tertiary/aromatic N) is 2. The summed E-state index contributed by atoms with van der Waals surface area (Å²) in [5.74, 6) is 0. The van der Waals surface area contributed by atoms with Crippen LogP contribution in [0.3, 0.4) is 0 Å². The monoisotopic (exact) mass is 411 g/mol. The van der Waals surface area contributed by atoms with E-state index in [0.717, 1.165) is 41.6 Å². The SMILES string of the molecule is CCc1ccc2[nH]c3cc4c(=O)c5ccccc5n(N(CC)CC)c4cc3c(=O)c2c1. The molecule has 0 radical (unpaired) electrons. The van der Waals surface area contributed by atoms with Crippen LogP contribution in [0.5, 0.6) is 0 Å². The van der Waals surface area contributed by atoms with Gasteiger partial charge in [-0.05, 0) is 62.2 Å². The second-order valence-corrected chi connectivity index (χ2v) is 7.90. The summed E-state index contributed by atoms with van der Waals surface area (Å²) in [5, 5.41) is 4.75. The van der Waals surface area contributed by atoms with Crippen LogP contribution in [0, 0.1) is 0 Å². The maximum atomic E-state index is 13.4. The predicted molar refractivity (Wildman–Crippen MR) is 130 cm³/mol. The zero-order valence-corrected chi connectivity index (χ0v) is 18.0. The largest absolute Gasteiger partial charge is 0.354 e. The van der Waals surface area contributed by atoms with Crippen molar-refractivity contribution in [2.24, 2.45) is 0 Å². The minimum atomic E-state index is -0.0156. The molecule has 0 bridgehead atoms. The van der Waals surface area contributed by atoms with Crippen LogP contribution in [-0.2, 0) is 6.42 Å². The number of para-hydroxylation sites is 1. The van der Waals surface area contributed by atoms with Gasteiger partial charge in [0.25, 0.3) is 0 Å². The molecule has 0 saturated carbocycles. The van der Waals surface area contributed by atoms with Gasteiger partial charge in [0.15, 0.2) is 10.9 Å². The van der Waals surface area contributed by atoms with Crippen molar-refractivity contribution in [3.05, 3.63) is 80.6 Å². The molecule has 0 aliphatic heterocycles. The molecule has 156 valence electrons. The Hall–Kier alpha value is -3.60. The van der Waals surface area contributed by atoms with Gasteiger partial charge in [-0.1, -0.05) is 25.1 Å². The fourth-order valence-electron chi connectivity index (χ4n) is 4.57. The first-order valence-electron chi connectivity index (χ1n) is 10.9. The molecule has 5 aromatic rings. The van der Waals surface area contributed by atoms with Gasteiger partial charge in [-0.15, -0.1) is 0 Å². The van der Waals surface area contributed by atoms with E-state index in [2.05, 4.69) is 35.4 Å². The number of benzene rings is 3. The van der Waals surface area contributed by atoms with Gasteiger partial charge >= 0.3 is 0 Å². The third-order valence-electron chi connectivity index (χ3n) is 6.25. The summed E-state index contributed by atoms with van der Waals surface area (Å²) in [6.07, 6.45) is 0.874. The van der Waals surface area contributed by atoms with E-state index in [-0.39, 0.29) is 10.9 Å². The second kappa shape index (κ2) is 7.27. The normalized spacial score (nSPS) is 11.7. The Kier molecular flexibility index (Phi) is 4.54. The first-order valence-corrected chi connectivity index (χ1v) is 10.9. The van der Waals surface area contributed by atoms with Crippen LogP contribution in [0.2, 0.25) is 0 Å².